The number of hydrogen-bond acceptors (Lipinski definition) is 4. The standard InChI is InChI=1S/C14H20N2O3S.ClH/c1-10-5-6-11(8-13(10)20(2,18)19)14(17)16-12-4-3-7-15-9-12;/h5-6,8,12,15H,3-4,7,9H2,1-2H3,(H,16,17);1H/t12-;/m0./s1. The van der Waals surface area contributed by atoms with Gasteiger partial charge in [-0.2, -0.15) is 0 Å². The van der Waals surface area contributed by atoms with Crippen LogP contribution in [0.3, 0.4) is 0 Å². The maximum atomic E-state index is 12.2. The van der Waals surface area contributed by atoms with Crippen LogP contribution < -0.4 is 10.6 Å². The summed E-state index contributed by atoms with van der Waals surface area (Å²) in [4.78, 5) is 12.4. The summed E-state index contributed by atoms with van der Waals surface area (Å²) in [7, 11) is -3.31. The first kappa shape index (κ1) is 17.9. The van der Waals surface area contributed by atoms with Crippen LogP contribution in [0.15, 0.2) is 23.1 Å². The Kier molecular flexibility index (Phi) is 6.19. The fourth-order valence-corrected chi connectivity index (χ4v) is 3.38. The lowest BCUT2D eigenvalue weighted by molar-refractivity contribution is 0.0930. The predicted molar refractivity (Wildman–Crippen MR) is 84.9 cm³/mol. The molecular weight excluding hydrogens is 312 g/mol. The minimum absolute atomic E-state index is 0. The van der Waals surface area contributed by atoms with Crippen LogP contribution in [0.4, 0.5) is 0 Å². The minimum atomic E-state index is -3.31. The molecule has 0 aliphatic carbocycles. The number of sulfone groups is 1. The molecule has 0 spiro atoms. The minimum Gasteiger partial charge on any atom is -0.348 e. The Balaban J connectivity index is 0.00000220. The molecule has 0 unspecified atom stereocenters. The Hall–Kier alpha value is -1.11. The third-order valence-corrected chi connectivity index (χ3v) is 4.72. The number of benzene rings is 1. The van der Waals surface area contributed by atoms with Crippen molar-refractivity contribution in [1.29, 1.82) is 0 Å². The number of carbonyl (C=O) groups is 1. The molecule has 1 heterocycles. The van der Waals surface area contributed by atoms with Gasteiger partial charge in [-0.05, 0) is 44.0 Å². The quantitative estimate of drug-likeness (QED) is 0.875. The van der Waals surface area contributed by atoms with E-state index in [1.807, 2.05) is 0 Å². The second-order valence-corrected chi connectivity index (χ2v) is 7.25. The van der Waals surface area contributed by atoms with Gasteiger partial charge in [0.2, 0.25) is 0 Å². The van der Waals surface area contributed by atoms with Crippen LogP contribution >= 0.6 is 12.4 Å². The summed E-state index contributed by atoms with van der Waals surface area (Å²) in [5.41, 5.74) is 1.05. The molecule has 1 aliphatic heterocycles. The Morgan fingerprint density at radius 2 is 2.10 bits per heavy atom. The van der Waals surface area contributed by atoms with E-state index >= 15 is 0 Å². The number of nitrogens with one attached hydrogen (secondary N) is 2. The Morgan fingerprint density at radius 1 is 1.38 bits per heavy atom. The second-order valence-electron chi connectivity index (χ2n) is 5.27. The first-order valence-electron chi connectivity index (χ1n) is 6.70. The number of aryl methyl sites for hydroxylation is 1. The van der Waals surface area contributed by atoms with Crippen molar-refractivity contribution in [3.8, 4) is 0 Å². The van der Waals surface area contributed by atoms with Crippen molar-refractivity contribution in [2.75, 3.05) is 19.3 Å². The zero-order chi connectivity index (χ0) is 14.8. The molecule has 1 aliphatic rings. The molecule has 0 bridgehead atoms. The third-order valence-electron chi connectivity index (χ3n) is 3.48. The van der Waals surface area contributed by atoms with Crippen LogP contribution in [0.2, 0.25) is 0 Å². The van der Waals surface area contributed by atoms with Crippen molar-refractivity contribution in [2.24, 2.45) is 0 Å². The Bertz CT molecular complexity index is 611. The lowest BCUT2D eigenvalue weighted by Gasteiger charge is -2.23. The van der Waals surface area contributed by atoms with Crippen LogP contribution in [0.25, 0.3) is 0 Å². The number of rotatable bonds is 3. The van der Waals surface area contributed by atoms with E-state index in [-0.39, 0.29) is 29.3 Å². The highest BCUT2D eigenvalue weighted by Gasteiger charge is 2.18. The smallest absolute Gasteiger partial charge is 0.251 e. The molecular formula is C14H21ClN2O3S. The van der Waals surface area contributed by atoms with Crippen LogP contribution in [-0.4, -0.2) is 39.7 Å². The number of amides is 1. The van der Waals surface area contributed by atoms with Crippen molar-refractivity contribution < 1.29 is 13.2 Å². The molecule has 0 radical (unpaired) electrons. The molecule has 118 valence electrons. The number of carbonyl (C=O) groups excluding carboxylic acids is 1. The van der Waals surface area contributed by atoms with E-state index in [4.69, 9.17) is 0 Å². The zero-order valence-corrected chi connectivity index (χ0v) is 13.8. The molecule has 1 fully saturated rings. The molecule has 1 aromatic carbocycles. The van der Waals surface area contributed by atoms with Gasteiger partial charge >= 0.3 is 0 Å². The van der Waals surface area contributed by atoms with Crippen molar-refractivity contribution in [3.05, 3.63) is 29.3 Å². The van der Waals surface area contributed by atoms with E-state index in [1.165, 1.54) is 6.07 Å². The van der Waals surface area contributed by atoms with Gasteiger partial charge in [-0.1, -0.05) is 6.07 Å². The van der Waals surface area contributed by atoms with Gasteiger partial charge in [0, 0.05) is 24.4 Å². The summed E-state index contributed by atoms with van der Waals surface area (Å²) in [6.07, 6.45) is 3.14. The molecule has 1 aromatic rings. The topological polar surface area (TPSA) is 75.3 Å². The normalized spacial score (nSPS) is 18.7. The molecule has 7 heteroatoms. The Morgan fingerprint density at radius 3 is 2.67 bits per heavy atom. The Labute approximate surface area is 131 Å². The van der Waals surface area contributed by atoms with Crippen LogP contribution in [0.1, 0.15) is 28.8 Å². The third kappa shape index (κ3) is 4.69. The molecule has 21 heavy (non-hydrogen) atoms. The molecule has 2 rings (SSSR count). The van der Waals surface area contributed by atoms with Crippen LogP contribution in [0.5, 0.6) is 0 Å². The number of halogens is 1. The zero-order valence-electron chi connectivity index (χ0n) is 12.2. The molecule has 1 atom stereocenters. The van der Waals surface area contributed by atoms with Crippen molar-refractivity contribution in [3.63, 3.8) is 0 Å². The van der Waals surface area contributed by atoms with Gasteiger partial charge < -0.3 is 10.6 Å². The van der Waals surface area contributed by atoms with E-state index in [0.717, 1.165) is 32.2 Å². The molecule has 1 saturated heterocycles. The first-order chi connectivity index (χ1) is 9.38. The fourth-order valence-electron chi connectivity index (χ4n) is 2.38. The summed E-state index contributed by atoms with van der Waals surface area (Å²) in [5, 5.41) is 6.16. The monoisotopic (exact) mass is 332 g/mol. The average Bonchev–Trinajstić information content (AvgIpc) is 2.39. The van der Waals surface area contributed by atoms with E-state index < -0.39 is 9.84 Å². The number of hydrogen-bond donors (Lipinski definition) is 2. The molecule has 5 nitrogen and oxygen atoms in total. The lowest BCUT2D eigenvalue weighted by Crippen LogP contribution is -2.45. The van der Waals surface area contributed by atoms with Crippen molar-refractivity contribution in [2.45, 2.75) is 30.7 Å². The highest BCUT2D eigenvalue weighted by Crippen LogP contribution is 2.17. The maximum Gasteiger partial charge on any atom is 0.251 e. The average molecular weight is 333 g/mol. The highest BCUT2D eigenvalue weighted by molar-refractivity contribution is 7.90. The summed E-state index contributed by atoms with van der Waals surface area (Å²) >= 11 is 0. The van der Waals surface area contributed by atoms with Crippen molar-refractivity contribution in [1.82, 2.24) is 10.6 Å². The van der Waals surface area contributed by atoms with Gasteiger partial charge in [0.1, 0.15) is 0 Å². The van der Waals surface area contributed by atoms with Gasteiger partial charge in [-0.3, -0.25) is 4.79 Å². The van der Waals surface area contributed by atoms with Gasteiger partial charge in [-0.25, -0.2) is 8.42 Å². The molecule has 0 aromatic heterocycles. The SMILES string of the molecule is Cc1ccc(C(=O)N[C@H]2CCCNC2)cc1S(C)(=O)=O.Cl. The van der Waals surface area contributed by atoms with E-state index in [0.29, 0.717) is 11.1 Å². The van der Waals surface area contributed by atoms with Crippen LogP contribution in [0, 0.1) is 6.92 Å². The van der Waals surface area contributed by atoms with E-state index in [2.05, 4.69) is 10.6 Å². The molecule has 0 saturated carbocycles. The molecule has 1 amide bonds. The predicted octanol–water partition coefficient (Wildman–Crippen LogP) is 1.30. The van der Waals surface area contributed by atoms with Gasteiger partial charge in [0.25, 0.3) is 5.91 Å². The fraction of sp³-hybridized carbons (Fsp3) is 0.500. The summed E-state index contributed by atoms with van der Waals surface area (Å²) in [6.45, 7) is 3.47. The van der Waals surface area contributed by atoms with Gasteiger partial charge in [-0.15, -0.1) is 12.4 Å². The number of piperidine rings is 1. The van der Waals surface area contributed by atoms with Gasteiger partial charge in [0.05, 0.1) is 4.90 Å². The summed E-state index contributed by atoms with van der Waals surface area (Å²) in [6, 6.07) is 4.90. The molecule has 2 N–H and O–H groups in total. The summed E-state index contributed by atoms with van der Waals surface area (Å²) in [5.74, 6) is -0.219. The second kappa shape index (κ2) is 7.24. The van der Waals surface area contributed by atoms with Crippen LogP contribution in [-0.2, 0) is 9.84 Å². The van der Waals surface area contributed by atoms with E-state index in [1.54, 1.807) is 19.1 Å². The van der Waals surface area contributed by atoms with Crippen molar-refractivity contribution >= 4 is 28.2 Å². The highest BCUT2D eigenvalue weighted by atomic mass is 35.5. The van der Waals surface area contributed by atoms with E-state index in [9.17, 15) is 13.2 Å². The van der Waals surface area contributed by atoms with Gasteiger partial charge in [0.15, 0.2) is 9.84 Å². The summed E-state index contributed by atoms with van der Waals surface area (Å²) < 4.78 is 23.4. The lowest BCUT2D eigenvalue weighted by atomic mass is 10.1. The first-order valence-corrected chi connectivity index (χ1v) is 8.59. The maximum absolute atomic E-state index is 12.2. The largest absolute Gasteiger partial charge is 0.348 e.